The second-order valence-electron chi connectivity index (χ2n) is 3.75. The normalized spacial score (nSPS) is 9.74. The molecule has 2 amide bonds. The number of ether oxygens (including phenoxy) is 1. The van der Waals surface area contributed by atoms with Gasteiger partial charge < -0.3 is 15.4 Å². The van der Waals surface area contributed by atoms with Crippen molar-refractivity contribution in [3.05, 3.63) is 48.4 Å². The highest BCUT2D eigenvalue weighted by Crippen LogP contribution is 2.10. The van der Waals surface area contributed by atoms with Gasteiger partial charge in [0, 0.05) is 25.0 Å². The van der Waals surface area contributed by atoms with Crippen molar-refractivity contribution in [1.29, 1.82) is 0 Å². The van der Waals surface area contributed by atoms with Gasteiger partial charge in [0.15, 0.2) is 0 Å². The molecule has 0 aliphatic rings. The summed E-state index contributed by atoms with van der Waals surface area (Å²) in [4.78, 5) is 19.5. The van der Waals surface area contributed by atoms with Crippen LogP contribution in [0.1, 0.15) is 5.56 Å². The maximum atomic E-state index is 11.6. The van der Waals surface area contributed by atoms with Crippen LogP contribution in [-0.2, 0) is 6.54 Å². The highest BCUT2D eigenvalue weighted by atomic mass is 16.5. The molecule has 0 radical (unpaired) electrons. The Morgan fingerprint density at radius 1 is 1.26 bits per heavy atom. The van der Waals surface area contributed by atoms with Gasteiger partial charge in [0.05, 0.1) is 19.0 Å². The maximum absolute atomic E-state index is 11.6. The molecule has 0 aliphatic carbocycles. The van der Waals surface area contributed by atoms with E-state index in [1.54, 1.807) is 24.5 Å². The lowest BCUT2D eigenvalue weighted by Crippen LogP contribution is -2.28. The standard InChI is InChI=1S/C13H14N4O2/c1-19-12-3-2-11(9-15-12)17-13(18)16-8-10-4-6-14-7-5-10/h2-7,9H,8H2,1H3,(H2,16,17,18). The number of amides is 2. The predicted octanol–water partition coefficient (Wildman–Crippen LogP) is 1.81. The third-order valence-corrected chi connectivity index (χ3v) is 2.41. The van der Waals surface area contributed by atoms with Crippen LogP contribution in [0.15, 0.2) is 42.9 Å². The Kier molecular flexibility index (Phi) is 4.28. The minimum absolute atomic E-state index is 0.288. The topological polar surface area (TPSA) is 76.1 Å². The van der Waals surface area contributed by atoms with E-state index < -0.39 is 0 Å². The number of methoxy groups -OCH3 is 1. The fourth-order valence-corrected chi connectivity index (χ4v) is 1.43. The minimum atomic E-state index is -0.288. The second kappa shape index (κ2) is 6.34. The van der Waals surface area contributed by atoms with Crippen LogP contribution < -0.4 is 15.4 Å². The molecule has 6 heteroatoms. The molecule has 0 fully saturated rings. The molecule has 2 aromatic rings. The van der Waals surface area contributed by atoms with Crippen LogP contribution in [0.5, 0.6) is 5.88 Å². The van der Waals surface area contributed by atoms with E-state index in [0.717, 1.165) is 5.56 Å². The molecule has 98 valence electrons. The van der Waals surface area contributed by atoms with Gasteiger partial charge in [-0.05, 0) is 23.8 Å². The lowest BCUT2D eigenvalue weighted by Gasteiger charge is -2.07. The van der Waals surface area contributed by atoms with Crippen LogP contribution >= 0.6 is 0 Å². The Hall–Kier alpha value is -2.63. The van der Waals surface area contributed by atoms with Crippen LogP contribution in [0.3, 0.4) is 0 Å². The third kappa shape index (κ3) is 3.95. The quantitative estimate of drug-likeness (QED) is 0.876. The molecule has 2 N–H and O–H groups in total. The molecule has 2 aromatic heterocycles. The monoisotopic (exact) mass is 258 g/mol. The van der Waals surface area contributed by atoms with Gasteiger partial charge in [-0.3, -0.25) is 4.98 Å². The Balaban J connectivity index is 1.83. The average molecular weight is 258 g/mol. The molecule has 0 aromatic carbocycles. The van der Waals surface area contributed by atoms with Gasteiger partial charge in [0.2, 0.25) is 5.88 Å². The van der Waals surface area contributed by atoms with Crippen molar-refractivity contribution in [3.63, 3.8) is 0 Å². The van der Waals surface area contributed by atoms with Gasteiger partial charge in [-0.2, -0.15) is 0 Å². The Bertz CT molecular complexity index is 528. The maximum Gasteiger partial charge on any atom is 0.319 e. The summed E-state index contributed by atoms with van der Waals surface area (Å²) in [6.07, 6.45) is 4.90. The first-order chi connectivity index (χ1) is 9.28. The number of hydrogen-bond acceptors (Lipinski definition) is 4. The van der Waals surface area contributed by atoms with Gasteiger partial charge in [0.25, 0.3) is 0 Å². The summed E-state index contributed by atoms with van der Waals surface area (Å²) in [6.45, 7) is 0.442. The lowest BCUT2D eigenvalue weighted by molar-refractivity contribution is 0.251. The number of nitrogens with one attached hydrogen (secondary N) is 2. The third-order valence-electron chi connectivity index (χ3n) is 2.41. The summed E-state index contributed by atoms with van der Waals surface area (Å²) >= 11 is 0. The second-order valence-corrected chi connectivity index (χ2v) is 3.75. The summed E-state index contributed by atoms with van der Waals surface area (Å²) in [5, 5.41) is 5.42. The molecule has 0 spiro atoms. The molecule has 0 saturated carbocycles. The SMILES string of the molecule is COc1ccc(NC(=O)NCc2ccncc2)cn1. The summed E-state index contributed by atoms with van der Waals surface area (Å²) < 4.78 is 4.93. The highest BCUT2D eigenvalue weighted by Gasteiger charge is 2.02. The number of anilines is 1. The fraction of sp³-hybridized carbons (Fsp3) is 0.154. The van der Waals surface area contributed by atoms with E-state index in [4.69, 9.17) is 4.74 Å². The van der Waals surface area contributed by atoms with Gasteiger partial charge in [-0.1, -0.05) is 0 Å². The van der Waals surface area contributed by atoms with Crippen LogP contribution in [0.4, 0.5) is 10.5 Å². The van der Waals surface area contributed by atoms with E-state index in [1.165, 1.54) is 13.3 Å². The first-order valence-electron chi connectivity index (χ1n) is 5.72. The fourth-order valence-electron chi connectivity index (χ4n) is 1.43. The Labute approximate surface area is 110 Å². The Morgan fingerprint density at radius 3 is 2.68 bits per heavy atom. The van der Waals surface area contributed by atoms with Crippen molar-refractivity contribution >= 4 is 11.7 Å². The van der Waals surface area contributed by atoms with Crippen molar-refractivity contribution in [2.45, 2.75) is 6.54 Å². The van der Waals surface area contributed by atoms with Crippen LogP contribution in [-0.4, -0.2) is 23.1 Å². The van der Waals surface area contributed by atoms with Crippen molar-refractivity contribution < 1.29 is 9.53 Å². The smallest absolute Gasteiger partial charge is 0.319 e. The lowest BCUT2D eigenvalue weighted by atomic mass is 10.3. The van der Waals surface area contributed by atoms with E-state index in [9.17, 15) is 4.79 Å². The zero-order chi connectivity index (χ0) is 13.5. The largest absolute Gasteiger partial charge is 0.481 e. The van der Waals surface area contributed by atoms with E-state index >= 15 is 0 Å². The van der Waals surface area contributed by atoms with Gasteiger partial charge in [-0.25, -0.2) is 9.78 Å². The Morgan fingerprint density at radius 2 is 2.05 bits per heavy atom. The average Bonchev–Trinajstić information content (AvgIpc) is 2.47. The van der Waals surface area contributed by atoms with Crippen molar-refractivity contribution in [2.24, 2.45) is 0 Å². The molecule has 2 heterocycles. The molecule has 2 rings (SSSR count). The number of carbonyl (C=O) groups is 1. The summed E-state index contributed by atoms with van der Waals surface area (Å²) in [7, 11) is 1.54. The molecule has 0 unspecified atom stereocenters. The summed E-state index contributed by atoms with van der Waals surface area (Å²) in [6, 6.07) is 6.80. The molecular formula is C13H14N4O2. The molecule has 0 saturated heterocycles. The minimum Gasteiger partial charge on any atom is -0.481 e. The predicted molar refractivity (Wildman–Crippen MR) is 70.9 cm³/mol. The van der Waals surface area contributed by atoms with Crippen molar-refractivity contribution in [3.8, 4) is 5.88 Å². The number of aromatic nitrogens is 2. The number of rotatable bonds is 4. The molecule has 6 nitrogen and oxygen atoms in total. The van der Waals surface area contributed by atoms with Gasteiger partial charge in [-0.15, -0.1) is 0 Å². The van der Waals surface area contributed by atoms with E-state index in [1.807, 2.05) is 12.1 Å². The van der Waals surface area contributed by atoms with Crippen molar-refractivity contribution in [1.82, 2.24) is 15.3 Å². The first-order valence-corrected chi connectivity index (χ1v) is 5.72. The number of hydrogen-bond donors (Lipinski definition) is 2. The van der Waals surface area contributed by atoms with Crippen LogP contribution in [0, 0.1) is 0 Å². The van der Waals surface area contributed by atoms with E-state index in [2.05, 4.69) is 20.6 Å². The zero-order valence-corrected chi connectivity index (χ0v) is 10.5. The summed E-state index contributed by atoms with van der Waals surface area (Å²) in [5.74, 6) is 0.503. The first kappa shape index (κ1) is 12.8. The number of pyridine rings is 2. The van der Waals surface area contributed by atoms with Crippen LogP contribution in [0.2, 0.25) is 0 Å². The highest BCUT2D eigenvalue weighted by molar-refractivity contribution is 5.88. The van der Waals surface area contributed by atoms with Gasteiger partial charge in [0.1, 0.15) is 0 Å². The number of nitrogens with zero attached hydrogens (tertiary/aromatic N) is 2. The molecular weight excluding hydrogens is 244 g/mol. The molecule has 19 heavy (non-hydrogen) atoms. The van der Waals surface area contributed by atoms with E-state index in [-0.39, 0.29) is 6.03 Å². The van der Waals surface area contributed by atoms with Crippen LogP contribution in [0.25, 0.3) is 0 Å². The molecule has 0 aliphatic heterocycles. The number of carbonyl (C=O) groups excluding carboxylic acids is 1. The summed E-state index contributed by atoms with van der Waals surface area (Å²) in [5.41, 5.74) is 1.59. The molecule has 0 atom stereocenters. The zero-order valence-electron chi connectivity index (χ0n) is 10.5. The molecule has 0 bridgehead atoms. The number of urea groups is 1. The van der Waals surface area contributed by atoms with Crippen molar-refractivity contribution in [2.75, 3.05) is 12.4 Å². The van der Waals surface area contributed by atoms with Gasteiger partial charge >= 0.3 is 6.03 Å². The van der Waals surface area contributed by atoms with E-state index in [0.29, 0.717) is 18.1 Å².